The highest BCUT2D eigenvalue weighted by Crippen LogP contribution is 2.25. The Hall–Kier alpha value is -3.44. The van der Waals surface area contributed by atoms with Crippen molar-refractivity contribution in [3.05, 3.63) is 108 Å². The summed E-state index contributed by atoms with van der Waals surface area (Å²) in [4.78, 5) is 27.3. The van der Waals surface area contributed by atoms with Crippen molar-refractivity contribution in [1.82, 2.24) is 10.2 Å². The Morgan fingerprint density at radius 1 is 0.818 bits per heavy atom. The first-order chi connectivity index (χ1) is 16.0. The summed E-state index contributed by atoms with van der Waals surface area (Å²) in [6.07, 6.45) is 1.23. The second kappa shape index (κ2) is 12.0. The van der Waals surface area contributed by atoms with Crippen molar-refractivity contribution in [3.63, 3.8) is 0 Å². The number of primary amides is 1. The Kier molecular flexibility index (Phi) is 8.79. The summed E-state index contributed by atoms with van der Waals surface area (Å²) in [5.74, 6) is -0.771. The molecule has 2 atom stereocenters. The number of carbonyl (C=O) groups excluding carboxylic acids is 2. The Morgan fingerprint density at radius 3 is 1.73 bits per heavy atom. The molecule has 0 aliphatic rings. The van der Waals surface area contributed by atoms with Crippen LogP contribution in [0.1, 0.15) is 48.4 Å². The first kappa shape index (κ1) is 24.2. The number of carbonyl (C=O) groups is 2. The lowest BCUT2D eigenvalue weighted by Gasteiger charge is -2.31. The molecule has 0 spiro atoms. The van der Waals surface area contributed by atoms with E-state index >= 15 is 0 Å². The van der Waals surface area contributed by atoms with Gasteiger partial charge in [-0.2, -0.15) is 0 Å². The van der Waals surface area contributed by atoms with Gasteiger partial charge in [0.15, 0.2) is 0 Å². The van der Waals surface area contributed by atoms with E-state index in [0.717, 1.165) is 16.7 Å². The normalized spacial score (nSPS) is 13.0. The highest BCUT2D eigenvalue weighted by Gasteiger charge is 2.26. The quantitative estimate of drug-likeness (QED) is 0.435. The summed E-state index contributed by atoms with van der Waals surface area (Å²) in [5, 5.41) is 3.06. The average molecular weight is 444 g/mol. The largest absolute Gasteiger partial charge is 0.368 e. The van der Waals surface area contributed by atoms with Crippen molar-refractivity contribution in [1.29, 1.82) is 0 Å². The topological polar surface area (TPSA) is 75.4 Å². The molecular formula is C28H33N3O2. The molecule has 0 aliphatic heterocycles. The van der Waals surface area contributed by atoms with Crippen LogP contribution in [0.3, 0.4) is 0 Å². The van der Waals surface area contributed by atoms with E-state index in [0.29, 0.717) is 19.4 Å². The average Bonchev–Trinajstić information content (AvgIpc) is 2.85. The summed E-state index contributed by atoms with van der Waals surface area (Å²) in [5.41, 5.74) is 8.76. The van der Waals surface area contributed by atoms with Crippen LogP contribution in [0, 0.1) is 0 Å². The number of hydrogen-bond donors (Lipinski definition) is 2. The van der Waals surface area contributed by atoms with E-state index in [2.05, 4.69) is 12.2 Å². The molecule has 0 aliphatic carbocycles. The number of nitrogens with zero attached hydrogens (tertiary/aromatic N) is 1. The molecule has 3 rings (SSSR count). The van der Waals surface area contributed by atoms with Gasteiger partial charge in [-0.15, -0.1) is 0 Å². The van der Waals surface area contributed by atoms with E-state index in [4.69, 9.17) is 5.73 Å². The van der Waals surface area contributed by atoms with Crippen LogP contribution < -0.4 is 11.1 Å². The summed E-state index contributed by atoms with van der Waals surface area (Å²) in [6, 6.07) is 29.3. The van der Waals surface area contributed by atoms with Crippen molar-refractivity contribution in [2.24, 2.45) is 5.73 Å². The molecule has 0 heterocycles. The molecule has 2 amide bonds. The predicted molar refractivity (Wildman–Crippen MR) is 133 cm³/mol. The van der Waals surface area contributed by atoms with Gasteiger partial charge in [0.2, 0.25) is 11.8 Å². The first-order valence-electron chi connectivity index (χ1n) is 11.4. The summed E-state index contributed by atoms with van der Waals surface area (Å²) in [7, 11) is 1.92. The zero-order valence-electron chi connectivity index (χ0n) is 19.4. The van der Waals surface area contributed by atoms with Crippen LogP contribution in [0.15, 0.2) is 91.0 Å². The predicted octanol–water partition coefficient (Wildman–Crippen LogP) is 4.26. The molecule has 0 saturated carbocycles. The molecule has 0 radical (unpaired) electrons. The van der Waals surface area contributed by atoms with Gasteiger partial charge < -0.3 is 11.1 Å². The van der Waals surface area contributed by atoms with Crippen LogP contribution in [-0.2, 0) is 9.59 Å². The van der Waals surface area contributed by atoms with E-state index in [1.165, 1.54) is 0 Å². The van der Waals surface area contributed by atoms with E-state index in [1.54, 1.807) is 0 Å². The molecule has 33 heavy (non-hydrogen) atoms. The van der Waals surface area contributed by atoms with Crippen molar-refractivity contribution in [2.45, 2.75) is 37.8 Å². The summed E-state index contributed by atoms with van der Waals surface area (Å²) >= 11 is 0. The minimum Gasteiger partial charge on any atom is -0.368 e. The highest BCUT2D eigenvalue weighted by molar-refractivity contribution is 5.87. The Balaban J connectivity index is 1.60. The lowest BCUT2D eigenvalue weighted by Crippen LogP contribution is -2.44. The molecular weight excluding hydrogens is 410 g/mol. The lowest BCUT2D eigenvalue weighted by molar-refractivity contribution is -0.123. The fourth-order valence-corrected chi connectivity index (χ4v) is 4.18. The molecule has 0 unspecified atom stereocenters. The second-order valence-corrected chi connectivity index (χ2v) is 8.36. The van der Waals surface area contributed by atoms with Gasteiger partial charge in [0, 0.05) is 12.6 Å². The van der Waals surface area contributed by atoms with Crippen LogP contribution in [0.5, 0.6) is 0 Å². The maximum Gasteiger partial charge on any atom is 0.234 e. The molecule has 5 nitrogen and oxygen atoms in total. The third-order valence-electron chi connectivity index (χ3n) is 6.19. The second-order valence-electron chi connectivity index (χ2n) is 8.36. The van der Waals surface area contributed by atoms with Gasteiger partial charge in [-0.05, 0) is 43.5 Å². The Morgan fingerprint density at radius 2 is 1.27 bits per heavy atom. The standard InChI is InChI=1S/C28H33N3O2/c1-21(22-13-6-3-7-14-22)31(2)25(27(29)32)19-12-20-30-28(33)26(23-15-8-4-9-16-23)24-17-10-5-11-18-24/h3-11,13-18,21,25-26H,12,19-20H2,1-2H3,(H2,29,32)(H,30,33)/t21-,25+/m0/s1. The number of nitrogens with one attached hydrogen (secondary N) is 1. The highest BCUT2D eigenvalue weighted by atomic mass is 16.2. The van der Waals surface area contributed by atoms with Crippen LogP contribution in [0.2, 0.25) is 0 Å². The van der Waals surface area contributed by atoms with Crippen LogP contribution >= 0.6 is 0 Å². The third kappa shape index (κ3) is 6.53. The van der Waals surface area contributed by atoms with E-state index in [-0.39, 0.29) is 23.8 Å². The lowest BCUT2D eigenvalue weighted by atomic mass is 9.90. The zero-order chi connectivity index (χ0) is 23.6. The molecule has 0 saturated heterocycles. The fraction of sp³-hybridized carbons (Fsp3) is 0.286. The smallest absolute Gasteiger partial charge is 0.234 e. The van der Waals surface area contributed by atoms with E-state index in [1.807, 2.05) is 103 Å². The van der Waals surface area contributed by atoms with Crippen LogP contribution in [-0.4, -0.2) is 36.3 Å². The number of amides is 2. The van der Waals surface area contributed by atoms with Gasteiger partial charge in [-0.3, -0.25) is 14.5 Å². The van der Waals surface area contributed by atoms with Crippen molar-refractivity contribution in [2.75, 3.05) is 13.6 Å². The van der Waals surface area contributed by atoms with Crippen LogP contribution in [0.4, 0.5) is 0 Å². The Labute approximate surface area is 196 Å². The van der Waals surface area contributed by atoms with Gasteiger partial charge >= 0.3 is 0 Å². The first-order valence-corrected chi connectivity index (χ1v) is 11.4. The molecule has 0 fully saturated rings. The Bertz CT molecular complexity index is 970. The van der Waals surface area contributed by atoms with Gasteiger partial charge in [-0.1, -0.05) is 91.0 Å². The maximum atomic E-state index is 13.1. The summed E-state index contributed by atoms with van der Waals surface area (Å²) < 4.78 is 0. The number of likely N-dealkylation sites (N-methyl/N-ethyl adjacent to an activating group) is 1. The zero-order valence-corrected chi connectivity index (χ0v) is 19.4. The molecule has 3 aromatic carbocycles. The minimum absolute atomic E-state index is 0.0472. The van der Waals surface area contributed by atoms with E-state index < -0.39 is 6.04 Å². The number of nitrogens with two attached hydrogens (primary N) is 1. The fourth-order valence-electron chi connectivity index (χ4n) is 4.18. The molecule has 0 aromatic heterocycles. The SMILES string of the molecule is C[C@@H](c1ccccc1)N(C)[C@H](CCCNC(=O)C(c1ccccc1)c1ccccc1)C(N)=O. The molecule has 3 aromatic rings. The monoisotopic (exact) mass is 443 g/mol. The van der Waals surface area contributed by atoms with Crippen molar-refractivity contribution < 1.29 is 9.59 Å². The van der Waals surface area contributed by atoms with Gasteiger partial charge in [0.25, 0.3) is 0 Å². The number of hydrogen-bond acceptors (Lipinski definition) is 3. The van der Waals surface area contributed by atoms with E-state index in [9.17, 15) is 9.59 Å². The van der Waals surface area contributed by atoms with Gasteiger partial charge in [0.05, 0.1) is 12.0 Å². The third-order valence-corrected chi connectivity index (χ3v) is 6.19. The molecule has 5 heteroatoms. The van der Waals surface area contributed by atoms with Crippen molar-refractivity contribution in [3.8, 4) is 0 Å². The number of rotatable bonds is 11. The number of benzene rings is 3. The van der Waals surface area contributed by atoms with Crippen LogP contribution in [0.25, 0.3) is 0 Å². The molecule has 172 valence electrons. The maximum absolute atomic E-state index is 13.1. The van der Waals surface area contributed by atoms with Gasteiger partial charge in [0.1, 0.15) is 0 Å². The molecule has 0 bridgehead atoms. The molecule has 3 N–H and O–H groups in total. The minimum atomic E-state index is -0.406. The van der Waals surface area contributed by atoms with Gasteiger partial charge in [-0.25, -0.2) is 0 Å². The van der Waals surface area contributed by atoms with Crippen molar-refractivity contribution >= 4 is 11.8 Å². The summed E-state index contributed by atoms with van der Waals surface area (Å²) in [6.45, 7) is 2.55.